The molecule has 1 saturated heterocycles. The van der Waals surface area contributed by atoms with Crippen LogP contribution in [0.25, 0.3) is 0 Å². The number of amides is 1. The summed E-state index contributed by atoms with van der Waals surface area (Å²) in [5.74, 6) is 0.119. The second-order valence-electron chi connectivity index (χ2n) is 3.88. The molecule has 3 heteroatoms. The van der Waals surface area contributed by atoms with Crippen LogP contribution in [0.2, 0.25) is 0 Å². The topological polar surface area (TPSA) is 41.5 Å². The van der Waals surface area contributed by atoms with Crippen LogP contribution in [-0.4, -0.2) is 18.7 Å². The number of nitrogens with zero attached hydrogens (tertiary/aromatic N) is 1. The number of para-hydroxylation sites is 1. The van der Waals surface area contributed by atoms with E-state index in [4.69, 9.17) is 0 Å². The van der Waals surface area contributed by atoms with Crippen molar-refractivity contribution in [2.24, 2.45) is 4.99 Å². The molecule has 0 saturated carbocycles. The molecule has 1 fully saturated rings. The SMILES string of the molecule is O=C1C[C@]2(C=Nc3ccccc32)CN1. The lowest BCUT2D eigenvalue weighted by atomic mass is 9.82. The minimum atomic E-state index is -0.159. The first-order valence-corrected chi connectivity index (χ1v) is 4.72. The van der Waals surface area contributed by atoms with E-state index in [1.807, 2.05) is 24.4 Å². The van der Waals surface area contributed by atoms with E-state index in [0.717, 1.165) is 5.69 Å². The monoisotopic (exact) mass is 186 g/mol. The Bertz CT molecular complexity index is 439. The lowest BCUT2D eigenvalue weighted by molar-refractivity contribution is -0.119. The smallest absolute Gasteiger partial charge is 0.221 e. The Balaban J connectivity index is 2.14. The van der Waals surface area contributed by atoms with Gasteiger partial charge in [0.15, 0.2) is 0 Å². The van der Waals surface area contributed by atoms with Crippen molar-refractivity contribution in [3.63, 3.8) is 0 Å². The van der Waals surface area contributed by atoms with Gasteiger partial charge in [0.05, 0.1) is 11.1 Å². The van der Waals surface area contributed by atoms with Gasteiger partial charge in [-0.15, -0.1) is 0 Å². The van der Waals surface area contributed by atoms with Crippen LogP contribution in [0.15, 0.2) is 29.3 Å². The number of carbonyl (C=O) groups excluding carboxylic acids is 1. The number of nitrogens with one attached hydrogen (secondary N) is 1. The summed E-state index contributed by atoms with van der Waals surface area (Å²) in [7, 11) is 0. The van der Waals surface area contributed by atoms with Gasteiger partial charge >= 0.3 is 0 Å². The van der Waals surface area contributed by atoms with Crippen LogP contribution in [0.1, 0.15) is 12.0 Å². The van der Waals surface area contributed by atoms with Gasteiger partial charge in [-0.05, 0) is 11.6 Å². The van der Waals surface area contributed by atoms with Crippen molar-refractivity contribution in [3.8, 4) is 0 Å². The molecule has 0 aliphatic carbocycles. The van der Waals surface area contributed by atoms with Crippen molar-refractivity contribution in [1.82, 2.24) is 5.32 Å². The summed E-state index contributed by atoms with van der Waals surface area (Å²) in [5.41, 5.74) is 2.02. The molecule has 14 heavy (non-hydrogen) atoms. The predicted molar refractivity (Wildman–Crippen MR) is 53.9 cm³/mol. The van der Waals surface area contributed by atoms with Gasteiger partial charge in [-0.2, -0.15) is 0 Å². The van der Waals surface area contributed by atoms with Gasteiger partial charge in [0.1, 0.15) is 0 Å². The van der Waals surface area contributed by atoms with Crippen molar-refractivity contribution < 1.29 is 4.79 Å². The standard InChI is InChI=1S/C11H10N2O/c14-10-5-11(7-13-10)6-12-9-4-2-1-3-8(9)11/h1-4,6H,5,7H2,(H,13,14)/t11-/m0/s1. The van der Waals surface area contributed by atoms with E-state index in [1.54, 1.807) is 0 Å². The molecule has 1 aromatic carbocycles. The number of carbonyl (C=O) groups is 1. The molecule has 2 heterocycles. The lowest BCUT2D eigenvalue weighted by Crippen LogP contribution is -2.28. The Morgan fingerprint density at radius 2 is 2.21 bits per heavy atom. The normalized spacial score (nSPS) is 28.1. The molecule has 0 bridgehead atoms. The van der Waals surface area contributed by atoms with Gasteiger partial charge in [0.2, 0.25) is 5.91 Å². The third-order valence-corrected chi connectivity index (χ3v) is 2.97. The zero-order valence-electron chi connectivity index (χ0n) is 7.66. The summed E-state index contributed by atoms with van der Waals surface area (Å²) in [6, 6.07) is 8.02. The molecular weight excluding hydrogens is 176 g/mol. The predicted octanol–water partition coefficient (Wildman–Crippen LogP) is 1.16. The maximum Gasteiger partial charge on any atom is 0.221 e. The number of hydrogen-bond donors (Lipinski definition) is 1. The highest BCUT2D eigenvalue weighted by Gasteiger charge is 2.42. The summed E-state index contributed by atoms with van der Waals surface area (Å²) >= 11 is 0. The fourth-order valence-electron chi connectivity index (χ4n) is 2.22. The van der Waals surface area contributed by atoms with Gasteiger partial charge in [0.25, 0.3) is 0 Å². The van der Waals surface area contributed by atoms with Crippen LogP contribution in [0, 0.1) is 0 Å². The second kappa shape index (κ2) is 2.44. The van der Waals surface area contributed by atoms with Crippen molar-refractivity contribution >= 4 is 17.8 Å². The molecular formula is C11H10N2O. The van der Waals surface area contributed by atoms with Crippen LogP contribution in [-0.2, 0) is 10.2 Å². The van der Waals surface area contributed by atoms with E-state index in [-0.39, 0.29) is 11.3 Å². The fraction of sp³-hybridized carbons (Fsp3) is 0.273. The molecule has 2 aliphatic heterocycles. The summed E-state index contributed by atoms with van der Waals surface area (Å²) < 4.78 is 0. The van der Waals surface area contributed by atoms with Gasteiger partial charge < -0.3 is 5.32 Å². The molecule has 2 aliphatic rings. The number of aliphatic imine (C=N–C) groups is 1. The van der Waals surface area contributed by atoms with E-state index >= 15 is 0 Å². The maximum atomic E-state index is 11.2. The molecule has 70 valence electrons. The van der Waals surface area contributed by atoms with Crippen LogP contribution in [0.4, 0.5) is 5.69 Å². The summed E-state index contributed by atoms with van der Waals surface area (Å²) in [6.07, 6.45) is 2.45. The van der Waals surface area contributed by atoms with Crippen molar-refractivity contribution in [3.05, 3.63) is 29.8 Å². The highest BCUT2D eigenvalue weighted by molar-refractivity contribution is 5.94. The molecule has 1 N–H and O–H groups in total. The van der Waals surface area contributed by atoms with Gasteiger partial charge in [0, 0.05) is 19.2 Å². The Hall–Kier alpha value is -1.64. The van der Waals surface area contributed by atoms with Gasteiger partial charge in [-0.25, -0.2) is 0 Å². The Kier molecular flexibility index (Phi) is 1.35. The quantitative estimate of drug-likeness (QED) is 0.649. The van der Waals surface area contributed by atoms with Crippen molar-refractivity contribution in [1.29, 1.82) is 0 Å². The molecule has 1 amide bonds. The van der Waals surface area contributed by atoms with E-state index in [0.29, 0.717) is 13.0 Å². The van der Waals surface area contributed by atoms with E-state index < -0.39 is 0 Å². The highest BCUT2D eigenvalue weighted by Crippen LogP contribution is 2.40. The molecule has 3 nitrogen and oxygen atoms in total. The fourth-order valence-corrected chi connectivity index (χ4v) is 2.22. The Morgan fingerprint density at radius 3 is 3.00 bits per heavy atom. The molecule has 0 radical (unpaired) electrons. The zero-order chi connectivity index (χ0) is 9.60. The van der Waals surface area contributed by atoms with E-state index in [2.05, 4.69) is 16.4 Å². The molecule has 1 spiro atoms. The zero-order valence-corrected chi connectivity index (χ0v) is 7.66. The molecule has 1 aromatic rings. The maximum absolute atomic E-state index is 11.2. The average Bonchev–Trinajstić information content (AvgIpc) is 2.75. The summed E-state index contributed by atoms with van der Waals surface area (Å²) in [5, 5.41) is 2.86. The number of rotatable bonds is 0. The Morgan fingerprint density at radius 1 is 1.36 bits per heavy atom. The first-order valence-electron chi connectivity index (χ1n) is 4.72. The summed E-state index contributed by atoms with van der Waals surface area (Å²) in [6.45, 7) is 0.687. The number of fused-ring (bicyclic) bond motifs is 2. The third-order valence-electron chi connectivity index (χ3n) is 2.97. The van der Waals surface area contributed by atoms with Gasteiger partial charge in [-0.3, -0.25) is 9.79 Å². The van der Waals surface area contributed by atoms with E-state index in [9.17, 15) is 4.79 Å². The lowest BCUT2D eigenvalue weighted by Gasteiger charge is -2.18. The van der Waals surface area contributed by atoms with Crippen molar-refractivity contribution in [2.45, 2.75) is 11.8 Å². The number of benzene rings is 1. The number of hydrogen-bond acceptors (Lipinski definition) is 2. The Labute approximate surface area is 81.9 Å². The first kappa shape index (κ1) is 7.74. The highest BCUT2D eigenvalue weighted by atomic mass is 16.1. The minimum Gasteiger partial charge on any atom is -0.355 e. The molecule has 0 aromatic heterocycles. The first-order chi connectivity index (χ1) is 6.80. The minimum absolute atomic E-state index is 0.119. The largest absolute Gasteiger partial charge is 0.355 e. The average molecular weight is 186 g/mol. The van der Waals surface area contributed by atoms with Gasteiger partial charge in [-0.1, -0.05) is 18.2 Å². The van der Waals surface area contributed by atoms with Crippen LogP contribution < -0.4 is 5.32 Å². The van der Waals surface area contributed by atoms with Crippen molar-refractivity contribution in [2.75, 3.05) is 6.54 Å². The summed E-state index contributed by atoms with van der Waals surface area (Å²) in [4.78, 5) is 15.6. The third kappa shape index (κ3) is 0.867. The van der Waals surface area contributed by atoms with Crippen LogP contribution >= 0.6 is 0 Å². The van der Waals surface area contributed by atoms with E-state index in [1.165, 1.54) is 5.56 Å². The van der Waals surface area contributed by atoms with Crippen LogP contribution in [0.3, 0.4) is 0 Å². The molecule has 3 rings (SSSR count). The molecule has 0 unspecified atom stereocenters. The van der Waals surface area contributed by atoms with Crippen LogP contribution in [0.5, 0.6) is 0 Å². The second-order valence-corrected chi connectivity index (χ2v) is 3.88. The molecule has 1 atom stereocenters.